The van der Waals surface area contributed by atoms with Crippen molar-refractivity contribution < 1.29 is 19.1 Å². The number of hydrogen-bond donors (Lipinski definition) is 1. The third kappa shape index (κ3) is 6.08. The second-order valence-corrected chi connectivity index (χ2v) is 5.15. The van der Waals surface area contributed by atoms with E-state index in [0.717, 1.165) is 11.8 Å². The molecule has 0 radical (unpaired) electrons. The Kier molecular flexibility index (Phi) is 7.89. The molecule has 1 rings (SSSR count). The van der Waals surface area contributed by atoms with Gasteiger partial charge >= 0.3 is 11.9 Å². The van der Waals surface area contributed by atoms with Crippen molar-refractivity contribution >= 4 is 18.2 Å². The summed E-state index contributed by atoms with van der Waals surface area (Å²) in [6.45, 7) is 3.74. The molecule has 1 aromatic carbocycles. The van der Waals surface area contributed by atoms with E-state index in [1.807, 2.05) is 37.3 Å². The van der Waals surface area contributed by atoms with Crippen LogP contribution in [0.3, 0.4) is 0 Å². The van der Waals surface area contributed by atoms with Crippen molar-refractivity contribution in [3.63, 3.8) is 0 Å². The van der Waals surface area contributed by atoms with E-state index in [2.05, 4.69) is 0 Å². The number of benzene rings is 1. The largest absolute Gasteiger partial charge is 0.458 e. The zero-order valence-electron chi connectivity index (χ0n) is 13.1. The Balaban J connectivity index is 2.55. The number of nitrogens with one attached hydrogen (secondary N) is 1. The van der Waals surface area contributed by atoms with E-state index in [0.29, 0.717) is 19.3 Å². The Labute approximate surface area is 131 Å². The molecule has 5 nitrogen and oxygen atoms in total. The topological polar surface area (TPSA) is 76.5 Å². The summed E-state index contributed by atoms with van der Waals surface area (Å²) in [5, 5.41) is 7.01. The number of rotatable bonds is 9. The fourth-order valence-electron chi connectivity index (χ4n) is 1.84. The molecule has 0 saturated heterocycles. The van der Waals surface area contributed by atoms with Crippen molar-refractivity contribution in [3.8, 4) is 0 Å². The van der Waals surface area contributed by atoms with Crippen LogP contribution in [0.1, 0.15) is 38.7 Å². The van der Waals surface area contributed by atoms with Crippen LogP contribution in [0.5, 0.6) is 0 Å². The van der Waals surface area contributed by atoms with Gasteiger partial charge in [-0.2, -0.15) is 0 Å². The molecule has 22 heavy (non-hydrogen) atoms. The zero-order valence-corrected chi connectivity index (χ0v) is 13.1. The van der Waals surface area contributed by atoms with E-state index in [4.69, 9.17) is 14.9 Å². The van der Waals surface area contributed by atoms with Gasteiger partial charge in [-0.05, 0) is 24.6 Å². The molecule has 1 aromatic rings. The first kappa shape index (κ1) is 17.9. The number of hydrogen-bond acceptors (Lipinski definition) is 5. The van der Waals surface area contributed by atoms with Crippen molar-refractivity contribution in [3.05, 3.63) is 35.9 Å². The molecule has 0 aliphatic heterocycles. The molecule has 5 heteroatoms. The van der Waals surface area contributed by atoms with E-state index in [1.54, 1.807) is 6.92 Å². The predicted octanol–water partition coefficient (Wildman–Crippen LogP) is 3.12. The minimum Gasteiger partial charge on any atom is -0.458 e. The molecule has 0 amide bonds. The van der Waals surface area contributed by atoms with Crippen LogP contribution < -0.4 is 0 Å². The minimum absolute atomic E-state index is 0.160. The Bertz CT molecular complexity index is 487. The van der Waals surface area contributed by atoms with Gasteiger partial charge in [-0.1, -0.05) is 50.6 Å². The lowest BCUT2D eigenvalue weighted by atomic mass is 10.1. The van der Waals surface area contributed by atoms with Crippen LogP contribution in [0.2, 0.25) is 0 Å². The highest BCUT2D eigenvalue weighted by molar-refractivity contribution is 5.81. The summed E-state index contributed by atoms with van der Waals surface area (Å²) in [5.74, 6) is -1.43. The Morgan fingerprint density at radius 3 is 2.50 bits per heavy atom. The average molecular weight is 305 g/mol. The third-order valence-corrected chi connectivity index (χ3v) is 3.17. The zero-order chi connectivity index (χ0) is 16.4. The van der Waals surface area contributed by atoms with Gasteiger partial charge in [-0.15, -0.1) is 0 Å². The maximum absolute atomic E-state index is 12.1. The van der Waals surface area contributed by atoms with Gasteiger partial charge in [0.15, 0.2) is 6.10 Å². The lowest BCUT2D eigenvalue weighted by molar-refractivity contribution is -0.171. The van der Waals surface area contributed by atoms with E-state index in [1.165, 1.54) is 0 Å². The van der Waals surface area contributed by atoms with E-state index >= 15 is 0 Å². The van der Waals surface area contributed by atoms with E-state index < -0.39 is 24.0 Å². The Morgan fingerprint density at radius 2 is 1.91 bits per heavy atom. The van der Waals surface area contributed by atoms with Gasteiger partial charge in [0, 0.05) is 0 Å². The highest BCUT2D eigenvalue weighted by Gasteiger charge is 2.26. The maximum atomic E-state index is 12.1. The summed E-state index contributed by atoms with van der Waals surface area (Å²) in [6, 6.07) is 9.34. The Hall–Kier alpha value is -2.17. The van der Waals surface area contributed by atoms with Crippen LogP contribution in [0.25, 0.3) is 0 Å². The van der Waals surface area contributed by atoms with Crippen molar-refractivity contribution in [2.24, 2.45) is 5.92 Å². The first-order valence-corrected chi connectivity index (χ1v) is 7.48. The molecule has 0 fully saturated rings. The average Bonchev–Trinajstić information content (AvgIpc) is 2.53. The standard InChI is InChI=1S/C17H23NO4/c1-3-7-15(22-16(19)13(2)10-11-18)17(20)21-12-14-8-5-4-6-9-14/h4-6,8-9,11,13,15,18H,3,7,10,12H2,1-2H3/t13?,15-/m1/s1. The fraction of sp³-hybridized carbons (Fsp3) is 0.471. The summed E-state index contributed by atoms with van der Waals surface area (Å²) in [5.41, 5.74) is 0.884. The van der Waals surface area contributed by atoms with Gasteiger partial charge in [0.25, 0.3) is 0 Å². The molecule has 120 valence electrons. The summed E-state index contributed by atoms with van der Waals surface area (Å²) >= 11 is 0. The molecule has 0 bridgehead atoms. The van der Waals surface area contributed by atoms with Gasteiger partial charge in [-0.25, -0.2) is 4.79 Å². The molecule has 0 aliphatic carbocycles. The first-order valence-electron chi connectivity index (χ1n) is 7.48. The molecule has 0 heterocycles. The monoisotopic (exact) mass is 305 g/mol. The van der Waals surface area contributed by atoms with Crippen molar-refractivity contribution in [1.29, 1.82) is 5.41 Å². The van der Waals surface area contributed by atoms with Gasteiger partial charge in [-0.3, -0.25) is 4.79 Å². The van der Waals surface area contributed by atoms with Crippen LogP contribution in [0.4, 0.5) is 0 Å². The summed E-state index contributed by atoms with van der Waals surface area (Å²) < 4.78 is 10.5. The van der Waals surface area contributed by atoms with Crippen molar-refractivity contribution in [2.45, 2.75) is 45.8 Å². The number of carbonyl (C=O) groups excluding carboxylic acids is 2. The molecule has 1 unspecified atom stereocenters. The van der Waals surface area contributed by atoms with Crippen LogP contribution in [0, 0.1) is 11.3 Å². The molecule has 0 aliphatic rings. The molecule has 1 N–H and O–H groups in total. The second kappa shape index (κ2) is 9.71. The van der Waals surface area contributed by atoms with Crippen molar-refractivity contribution in [2.75, 3.05) is 0 Å². The molecule has 2 atom stereocenters. The summed E-state index contributed by atoms with van der Waals surface area (Å²) in [6.07, 6.45) is 1.72. The van der Waals surface area contributed by atoms with Gasteiger partial charge in [0.05, 0.1) is 5.92 Å². The van der Waals surface area contributed by atoms with Crippen LogP contribution in [-0.2, 0) is 25.7 Å². The highest BCUT2D eigenvalue weighted by atomic mass is 16.6. The first-order chi connectivity index (χ1) is 10.6. The lowest BCUT2D eigenvalue weighted by Gasteiger charge is -2.18. The maximum Gasteiger partial charge on any atom is 0.347 e. The van der Waals surface area contributed by atoms with Crippen LogP contribution in [0.15, 0.2) is 30.3 Å². The van der Waals surface area contributed by atoms with Gasteiger partial charge < -0.3 is 14.9 Å². The summed E-state index contributed by atoms with van der Waals surface area (Å²) in [4.78, 5) is 23.9. The quantitative estimate of drug-likeness (QED) is 0.562. The van der Waals surface area contributed by atoms with E-state index in [-0.39, 0.29) is 6.61 Å². The number of carbonyl (C=O) groups is 2. The molecule has 0 saturated carbocycles. The van der Waals surface area contributed by atoms with E-state index in [9.17, 15) is 9.59 Å². The van der Waals surface area contributed by atoms with Crippen LogP contribution >= 0.6 is 0 Å². The molecular formula is C17H23NO4. The lowest BCUT2D eigenvalue weighted by Crippen LogP contribution is -2.31. The molecule has 0 aromatic heterocycles. The summed E-state index contributed by atoms with van der Waals surface area (Å²) in [7, 11) is 0. The number of ether oxygens (including phenoxy) is 2. The van der Waals surface area contributed by atoms with Crippen molar-refractivity contribution in [1.82, 2.24) is 0 Å². The third-order valence-electron chi connectivity index (χ3n) is 3.17. The normalized spacial score (nSPS) is 13.0. The SMILES string of the molecule is CCC[C@@H](OC(=O)C(C)CC=N)C(=O)OCc1ccccc1. The fourth-order valence-corrected chi connectivity index (χ4v) is 1.84. The second-order valence-electron chi connectivity index (χ2n) is 5.15. The Morgan fingerprint density at radius 1 is 1.23 bits per heavy atom. The smallest absolute Gasteiger partial charge is 0.347 e. The van der Waals surface area contributed by atoms with Gasteiger partial charge in [0.1, 0.15) is 6.61 Å². The predicted molar refractivity (Wildman–Crippen MR) is 83.6 cm³/mol. The number of esters is 2. The highest BCUT2D eigenvalue weighted by Crippen LogP contribution is 2.12. The molecule has 0 spiro atoms. The minimum atomic E-state index is -0.880. The molecular weight excluding hydrogens is 282 g/mol. The van der Waals surface area contributed by atoms with Crippen LogP contribution in [-0.4, -0.2) is 24.3 Å². The van der Waals surface area contributed by atoms with Gasteiger partial charge in [0.2, 0.25) is 0 Å².